The highest BCUT2D eigenvalue weighted by Gasteiger charge is 2.24. The molecule has 0 saturated heterocycles. The summed E-state index contributed by atoms with van der Waals surface area (Å²) in [5, 5.41) is 10.6. The van der Waals surface area contributed by atoms with E-state index in [1.54, 1.807) is 7.11 Å². The average Bonchev–Trinajstić information content (AvgIpc) is 2.76. The molecule has 5 nitrogen and oxygen atoms in total. The van der Waals surface area contributed by atoms with Crippen molar-refractivity contribution in [3.63, 3.8) is 0 Å². The smallest absolute Gasteiger partial charge is 0.118 e. The second-order valence-corrected chi connectivity index (χ2v) is 7.51. The molecule has 5 heteroatoms. The summed E-state index contributed by atoms with van der Waals surface area (Å²) >= 11 is 0. The van der Waals surface area contributed by atoms with Gasteiger partial charge in [-0.3, -0.25) is 0 Å². The molecule has 3 atom stereocenters. The van der Waals surface area contributed by atoms with Gasteiger partial charge < -0.3 is 24.1 Å². The predicted molar refractivity (Wildman–Crippen MR) is 116 cm³/mol. The highest BCUT2D eigenvalue weighted by atomic mass is 16.6. The number of rotatable bonds is 10. The van der Waals surface area contributed by atoms with Crippen molar-refractivity contribution in [3.8, 4) is 5.75 Å². The highest BCUT2D eigenvalue weighted by molar-refractivity contribution is 5.26. The van der Waals surface area contributed by atoms with Crippen molar-refractivity contribution in [2.45, 2.75) is 50.8 Å². The number of hydrogen-bond donors (Lipinski definition) is 1. The third-order valence-electron chi connectivity index (χ3n) is 5.12. The number of allylic oxidation sites excluding steroid dienone is 1. The summed E-state index contributed by atoms with van der Waals surface area (Å²) in [4.78, 5) is 0. The maximum Gasteiger partial charge on any atom is 0.118 e. The lowest BCUT2D eigenvalue weighted by Crippen LogP contribution is -2.37. The fourth-order valence-corrected chi connectivity index (χ4v) is 3.38. The molecule has 1 aliphatic rings. The molecule has 1 N–H and O–H groups in total. The zero-order valence-corrected chi connectivity index (χ0v) is 17.6. The first-order valence-corrected chi connectivity index (χ1v) is 10.6. The van der Waals surface area contributed by atoms with Gasteiger partial charge in [-0.1, -0.05) is 54.6 Å². The van der Waals surface area contributed by atoms with Crippen molar-refractivity contribution in [3.05, 3.63) is 77.9 Å². The van der Waals surface area contributed by atoms with Crippen molar-refractivity contribution in [2.75, 3.05) is 20.3 Å². The lowest BCUT2D eigenvalue weighted by Gasteiger charge is -2.29. The molecule has 1 heterocycles. The lowest BCUT2D eigenvalue weighted by molar-refractivity contribution is -0.122. The molecular formula is C25H32O5. The monoisotopic (exact) mass is 412 g/mol. The van der Waals surface area contributed by atoms with Crippen LogP contribution in [0.4, 0.5) is 0 Å². The molecule has 0 radical (unpaired) electrons. The third-order valence-corrected chi connectivity index (χ3v) is 5.12. The largest absolute Gasteiger partial charge is 0.497 e. The van der Waals surface area contributed by atoms with Gasteiger partial charge in [0, 0.05) is 0 Å². The number of aliphatic hydroxyl groups is 1. The molecule has 2 aromatic rings. The molecule has 0 unspecified atom stereocenters. The summed E-state index contributed by atoms with van der Waals surface area (Å²) in [6.45, 7) is 1.74. The number of ether oxygens (including phenoxy) is 4. The summed E-state index contributed by atoms with van der Waals surface area (Å²) in [7, 11) is 1.64. The zero-order chi connectivity index (χ0) is 21.0. The molecule has 0 aromatic heterocycles. The summed E-state index contributed by atoms with van der Waals surface area (Å²) < 4.78 is 23.0. The van der Waals surface area contributed by atoms with Gasteiger partial charge in [-0.2, -0.15) is 0 Å². The lowest BCUT2D eigenvalue weighted by atomic mass is 10.1. The second-order valence-electron chi connectivity index (χ2n) is 7.51. The Morgan fingerprint density at radius 1 is 0.967 bits per heavy atom. The molecular weight excluding hydrogens is 380 g/mol. The minimum Gasteiger partial charge on any atom is -0.497 e. The van der Waals surface area contributed by atoms with E-state index in [-0.39, 0.29) is 18.8 Å². The Balaban J connectivity index is 1.43. The van der Waals surface area contributed by atoms with Gasteiger partial charge in [-0.15, -0.1) is 0 Å². The van der Waals surface area contributed by atoms with Crippen LogP contribution in [0, 0.1) is 0 Å². The quantitative estimate of drug-likeness (QED) is 0.590. The standard InChI is InChI=1S/C25H32O5/c1-27-22-14-12-21(13-15-22)17-29-19-24(26)25-11-7-3-6-10-23(30-25)18-28-16-20-8-4-2-5-9-20/h2-5,7-9,12-15,23-26H,6,10-11,16-19H2,1H3/b7-3-/t23-,24+,25-/m0/s1. The Morgan fingerprint density at radius 2 is 1.70 bits per heavy atom. The van der Waals surface area contributed by atoms with E-state index in [0.717, 1.165) is 29.7 Å². The van der Waals surface area contributed by atoms with Gasteiger partial charge in [0.15, 0.2) is 0 Å². The van der Waals surface area contributed by atoms with Crippen molar-refractivity contribution < 1.29 is 24.1 Å². The van der Waals surface area contributed by atoms with Gasteiger partial charge in [-0.05, 0) is 42.5 Å². The Labute approximate surface area is 179 Å². The normalized spacial score (nSPS) is 21.4. The molecule has 1 aliphatic heterocycles. The van der Waals surface area contributed by atoms with Crippen LogP contribution in [0.3, 0.4) is 0 Å². The minimum absolute atomic E-state index is 0.0418. The van der Waals surface area contributed by atoms with Crippen LogP contribution in [0.2, 0.25) is 0 Å². The van der Waals surface area contributed by atoms with Gasteiger partial charge in [0.2, 0.25) is 0 Å². The van der Waals surface area contributed by atoms with E-state index in [0.29, 0.717) is 26.2 Å². The minimum atomic E-state index is -0.692. The summed E-state index contributed by atoms with van der Waals surface area (Å²) in [6, 6.07) is 17.8. The fourth-order valence-electron chi connectivity index (χ4n) is 3.38. The summed E-state index contributed by atoms with van der Waals surface area (Å²) in [5.74, 6) is 0.814. The van der Waals surface area contributed by atoms with Crippen LogP contribution in [0.15, 0.2) is 66.7 Å². The van der Waals surface area contributed by atoms with E-state index in [1.807, 2.05) is 42.5 Å². The topological polar surface area (TPSA) is 57.2 Å². The van der Waals surface area contributed by atoms with E-state index in [4.69, 9.17) is 18.9 Å². The fraction of sp³-hybridized carbons (Fsp3) is 0.440. The van der Waals surface area contributed by atoms with Crippen molar-refractivity contribution in [1.82, 2.24) is 0 Å². The molecule has 0 aliphatic carbocycles. The zero-order valence-electron chi connectivity index (χ0n) is 17.6. The molecule has 0 amide bonds. The Kier molecular flexibility index (Phi) is 9.38. The maximum atomic E-state index is 10.6. The van der Waals surface area contributed by atoms with Crippen LogP contribution < -0.4 is 4.74 Å². The van der Waals surface area contributed by atoms with Crippen LogP contribution >= 0.6 is 0 Å². The van der Waals surface area contributed by atoms with Crippen molar-refractivity contribution >= 4 is 0 Å². The van der Waals surface area contributed by atoms with Gasteiger partial charge in [-0.25, -0.2) is 0 Å². The van der Waals surface area contributed by atoms with Crippen LogP contribution in [-0.4, -0.2) is 43.7 Å². The third kappa shape index (κ3) is 7.58. The average molecular weight is 413 g/mol. The Morgan fingerprint density at radius 3 is 2.47 bits per heavy atom. The van der Waals surface area contributed by atoms with Gasteiger partial charge in [0.1, 0.15) is 11.9 Å². The molecule has 162 valence electrons. The summed E-state index contributed by atoms with van der Waals surface area (Å²) in [6.07, 6.45) is 5.70. The molecule has 0 fully saturated rings. The first-order valence-electron chi connectivity index (χ1n) is 10.6. The van der Waals surface area contributed by atoms with Crippen molar-refractivity contribution in [2.24, 2.45) is 0 Å². The molecule has 0 spiro atoms. The Bertz CT molecular complexity index is 744. The SMILES string of the molecule is COc1ccc(COC[C@@H](O)[C@@H]2C/C=C\CC[C@@H](COCc3ccccc3)O2)cc1. The van der Waals surface area contributed by atoms with Crippen LogP contribution in [0.1, 0.15) is 30.4 Å². The van der Waals surface area contributed by atoms with Gasteiger partial charge in [0.25, 0.3) is 0 Å². The van der Waals surface area contributed by atoms with E-state index in [9.17, 15) is 5.11 Å². The van der Waals surface area contributed by atoms with E-state index in [2.05, 4.69) is 24.3 Å². The van der Waals surface area contributed by atoms with Crippen LogP contribution in [0.25, 0.3) is 0 Å². The van der Waals surface area contributed by atoms with Crippen LogP contribution in [-0.2, 0) is 27.4 Å². The van der Waals surface area contributed by atoms with Crippen molar-refractivity contribution in [1.29, 1.82) is 0 Å². The van der Waals surface area contributed by atoms with E-state index in [1.165, 1.54) is 0 Å². The number of benzene rings is 2. The predicted octanol–water partition coefficient (Wildman–Crippen LogP) is 4.28. The first-order chi connectivity index (χ1) is 14.7. The van der Waals surface area contributed by atoms with E-state index < -0.39 is 6.10 Å². The molecule has 30 heavy (non-hydrogen) atoms. The number of hydrogen-bond acceptors (Lipinski definition) is 5. The first kappa shape index (κ1) is 22.5. The molecule has 3 rings (SSSR count). The van der Waals surface area contributed by atoms with Crippen LogP contribution in [0.5, 0.6) is 5.75 Å². The molecule has 0 saturated carbocycles. The van der Waals surface area contributed by atoms with E-state index >= 15 is 0 Å². The second kappa shape index (κ2) is 12.5. The Hall–Kier alpha value is -2.18. The summed E-state index contributed by atoms with van der Waals surface area (Å²) in [5.41, 5.74) is 2.18. The molecule has 2 aromatic carbocycles. The van der Waals surface area contributed by atoms with Gasteiger partial charge >= 0.3 is 0 Å². The number of methoxy groups -OCH3 is 1. The van der Waals surface area contributed by atoms with Gasteiger partial charge in [0.05, 0.1) is 45.7 Å². The number of aliphatic hydroxyl groups excluding tert-OH is 1. The maximum absolute atomic E-state index is 10.6. The highest BCUT2D eigenvalue weighted by Crippen LogP contribution is 2.18. The molecule has 0 bridgehead atoms.